The first kappa shape index (κ1) is 16.1. The number of hydrogen-bond donors (Lipinski definition) is 0. The third kappa shape index (κ3) is 9.29. The molecule has 0 aromatic carbocycles. The molecule has 16 heavy (non-hydrogen) atoms. The van der Waals surface area contributed by atoms with Crippen molar-refractivity contribution in [3.8, 4) is 0 Å². The maximum atomic E-state index is 10.6. The van der Waals surface area contributed by atoms with Gasteiger partial charge in [0.25, 0.3) is 0 Å². The first-order valence-corrected chi connectivity index (χ1v) is 6.81. The van der Waals surface area contributed by atoms with Crippen molar-refractivity contribution in [2.24, 2.45) is 0 Å². The summed E-state index contributed by atoms with van der Waals surface area (Å²) in [7, 11) is 0. The van der Waals surface area contributed by atoms with Crippen molar-refractivity contribution in [3.05, 3.63) is 0 Å². The number of carbonyl (C=O) groups is 2. The number of ether oxygens (including phenoxy) is 3. The van der Waals surface area contributed by atoms with Gasteiger partial charge in [-0.3, -0.25) is 0 Å². The van der Waals surface area contributed by atoms with Crippen LogP contribution in [0.4, 0.5) is 9.59 Å². The predicted octanol–water partition coefficient (Wildman–Crippen LogP) is 3.64. The fraction of sp³-hybridized carbons (Fsp3) is 0.750. The summed E-state index contributed by atoms with van der Waals surface area (Å²) in [6.45, 7) is 0. The van der Waals surface area contributed by atoms with E-state index in [1.807, 2.05) is 22.6 Å². The molecule has 0 unspecified atom stereocenters. The van der Waals surface area contributed by atoms with Crippen molar-refractivity contribution in [3.63, 3.8) is 0 Å². The molecule has 5 nitrogen and oxygen atoms in total. The normalized spacial score (nSPS) is 13.9. The fourth-order valence-electron chi connectivity index (χ4n) is 0.746. The van der Waals surface area contributed by atoms with E-state index in [1.165, 1.54) is 6.42 Å². The van der Waals surface area contributed by atoms with E-state index in [1.54, 1.807) is 0 Å². The van der Waals surface area contributed by atoms with Crippen molar-refractivity contribution in [2.75, 3.05) is 10.7 Å². The van der Waals surface area contributed by atoms with Crippen LogP contribution in [0.3, 0.4) is 0 Å². The number of hydrogen-bond acceptors (Lipinski definition) is 5. The van der Waals surface area contributed by atoms with Crippen LogP contribution in [0.25, 0.3) is 0 Å². The van der Waals surface area contributed by atoms with E-state index < -0.39 is 11.6 Å². The van der Waals surface area contributed by atoms with Gasteiger partial charge in [0, 0.05) is 11.6 Å². The van der Waals surface area contributed by atoms with Crippen molar-refractivity contribution in [1.29, 1.82) is 0 Å². The van der Waals surface area contributed by atoms with Gasteiger partial charge in [0.1, 0.15) is 10.7 Å². The van der Waals surface area contributed by atoms with Gasteiger partial charge in [0.2, 0.25) is 0 Å². The van der Waals surface area contributed by atoms with E-state index in [0.29, 0.717) is 4.61 Å². The molecular formula is C8H11Cl2IO5. The lowest BCUT2D eigenvalue weighted by molar-refractivity contribution is 0.00522. The SMILES string of the molecule is O=C(Cl)OCCl.O=C(OCI)OC1CCC1. The van der Waals surface area contributed by atoms with Crippen LogP contribution in [-0.2, 0) is 14.2 Å². The van der Waals surface area contributed by atoms with Crippen LogP contribution in [0, 0.1) is 0 Å². The van der Waals surface area contributed by atoms with Crippen molar-refractivity contribution >= 4 is 57.4 Å². The van der Waals surface area contributed by atoms with Crippen LogP contribution in [0.1, 0.15) is 19.3 Å². The molecule has 0 radical (unpaired) electrons. The van der Waals surface area contributed by atoms with Gasteiger partial charge in [-0.15, -0.1) is 0 Å². The Balaban J connectivity index is 0.000000325. The van der Waals surface area contributed by atoms with Gasteiger partial charge in [-0.05, 0) is 41.9 Å². The van der Waals surface area contributed by atoms with Gasteiger partial charge in [0.15, 0.2) is 6.07 Å². The maximum Gasteiger partial charge on any atom is 0.509 e. The second-order valence-corrected chi connectivity index (χ2v) is 3.81. The Morgan fingerprint density at radius 2 is 1.94 bits per heavy atom. The van der Waals surface area contributed by atoms with Gasteiger partial charge in [-0.1, -0.05) is 11.6 Å². The molecule has 1 rings (SSSR count). The molecule has 0 heterocycles. The van der Waals surface area contributed by atoms with Crippen molar-refractivity contribution < 1.29 is 23.8 Å². The summed E-state index contributed by atoms with van der Waals surface area (Å²) >= 11 is 11.5. The third-order valence-electron chi connectivity index (χ3n) is 1.66. The zero-order chi connectivity index (χ0) is 12.4. The topological polar surface area (TPSA) is 61.8 Å². The Labute approximate surface area is 117 Å². The predicted molar refractivity (Wildman–Crippen MR) is 67.1 cm³/mol. The molecule has 0 aromatic rings. The molecule has 0 aromatic heterocycles. The second kappa shape index (κ2) is 10.2. The Kier molecular flexibility index (Phi) is 10.3. The van der Waals surface area contributed by atoms with Crippen molar-refractivity contribution in [2.45, 2.75) is 25.4 Å². The average Bonchev–Trinajstić information content (AvgIpc) is 2.13. The highest BCUT2D eigenvalue weighted by atomic mass is 127. The number of rotatable bonds is 3. The first-order chi connectivity index (χ1) is 7.60. The Morgan fingerprint density at radius 1 is 1.31 bits per heavy atom. The number of halogens is 3. The Bertz CT molecular complexity index is 222. The lowest BCUT2D eigenvalue weighted by Gasteiger charge is -2.24. The minimum Gasteiger partial charge on any atom is -0.437 e. The molecule has 0 bridgehead atoms. The standard InChI is InChI=1S/C6H9IO3.C2H2Cl2O2/c7-4-9-6(8)10-5-2-1-3-5;3-1-6-2(4)5/h5H,1-4H2;1H2. The summed E-state index contributed by atoms with van der Waals surface area (Å²) in [5.74, 6) is 0. The largest absolute Gasteiger partial charge is 0.509 e. The lowest BCUT2D eigenvalue weighted by atomic mass is 9.96. The molecule has 1 fully saturated rings. The van der Waals surface area contributed by atoms with E-state index in [0.717, 1.165) is 12.8 Å². The Hall–Kier alpha value is 0.0500. The summed E-state index contributed by atoms with van der Waals surface area (Å²) in [5, 5.41) is 0. The highest BCUT2D eigenvalue weighted by Crippen LogP contribution is 2.22. The van der Waals surface area contributed by atoms with Gasteiger partial charge in [-0.25, -0.2) is 9.59 Å². The summed E-state index contributed by atoms with van der Waals surface area (Å²) < 4.78 is 13.7. The number of alkyl halides is 2. The third-order valence-corrected chi connectivity index (χ3v) is 2.19. The smallest absolute Gasteiger partial charge is 0.437 e. The first-order valence-electron chi connectivity index (χ1n) is 4.37. The lowest BCUT2D eigenvalue weighted by Crippen LogP contribution is -2.25. The van der Waals surface area contributed by atoms with Crippen LogP contribution in [0.2, 0.25) is 0 Å². The maximum absolute atomic E-state index is 10.6. The quantitative estimate of drug-likeness (QED) is 0.321. The highest BCUT2D eigenvalue weighted by Gasteiger charge is 2.21. The zero-order valence-corrected chi connectivity index (χ0v) is 12.0. The minimum absolute atomic E-state index is 0.135. The van der Waals surface area contributed by atoms with Gasteiger partial charge >= 0.3 is 11.6 Å². The van der Waals surface area contributed by atoms with Crippen LogP contribution < -0.4 is 0 Å². The Morgan fingerprint density at radius 3 is 2.19 bits per heavy atom. The fourth-order valence-corrected chi connectivity index (χ4v) is 1.21. The summed E-state index contributed by atoms with van der Waals surface area (Å²) in [5.41, 5.74) is -0.870. The van der Waals surface area contributed by atoms with Crippen LogP contribution in [0.15, 0.2) is 0 Å². The molecule has 0 spiro atoms. The average molecular weight is 385 g/mol. The van der Waals surface area contributed by atoms with E-state index >= 15 is 0 Å². The molecule has 0 N–H and O–H groups in total. The van der Waals surface area contributed by atoms with Gasteiger partial charge in [0.05, 0.1) is 0 Å². The number of carbonyl (C=O) groups excluding carboxylic acids is 2. The zero-order valence-electron chi connectivity index (χ0n) is 8.29. The second-order valence-electron chi connectivity index (χ2n) is 2.67. The van der Waals surface area contributed by atoms with Crippen LogP contribution in [0.5, 0.6) is 0 Å². The monoisotopic (exact) mass is 384 g/mol. The van der Waals surface area contributed by atoms with E-state index in [4.69, 9.17) is 16.3 Å². The molecule has 0 saturated heterocycles. The summed E-state index contributed by atoms with van der Waals surface area (Å²) in [4.78, 5) is 20.1. The molecule has 1 aliphatic carbocycles. The molecule has 1 aliphatic rings. The van der Waals surface area contributed by atoms with Crippen molar-refractivity contribution in [1.82, 2.24) is 0 Å². The summed E-state index contributed by atoms with van der Waals surface area (Å²) in [6.07, 6.45) is 2.77. The molecule has 1 saturated carbocycles. The van der Waals surface area contributed by atoms with Crippen LogP contribution >= 0.6 is 45.8 Å². The molecule has 94 valence electrons. The van der Waals surface area contributed by atoms with Crippen LogP contribution in [-0.4, -0.2) is 28.4 Å². The molecule has 0 atom stereocenters. The van der Waals surface area contributed by atoms with E-state index in [9.17, 15) is 9.59 Å². The molecule has 8 heteroatoms. The summed E-state index contributed by atoms with van der Waals surface area (Å²) in [6, 6.07) is -0.178. The molecule has 0 amide bonds. The molecular weight excluding hydrogens is 374 g/mol. The molecule has 0 aliphatic heterocycles. The van der Waals surface area contributed by atoms with Gasteiger partial charge in [-0.2, -0.15) is 0 Å². The van der Waals surface area contributed by atoms with E-state index in [2.05, 4.69) is 21.1 Å². The highest BCUT2D eigenvalue weighted by molar-refractivity contribution is 14.1. The van der Waals surface area contributed by atoms with Gasteiger partial charge < -0.3 is 14.2 Å². The minimum atomic E-state index is -0.870. The van der Waals surface area contributed by atoms with E-state index in [-0.39, 0.29) is 12.2 Å².